The third kappa shape index (κ3) is 10.5. The minimum absolute atomic E-state index is 0.481. The first kappa shape index (κ1) is 22.0. The topological polar surface area (TPSA) is 242 Å². The van der Waals surface area contributed by atoms with Gasteiger partial charge in [0.25, 0.3) is 0 Å². The van der Waals surface area contributed by atoms with E-state index in [1.165, 1.54) is 0 Å². The van der Waals surface area contributed by atoms with Gasteiger partial charge in [-0.05, 0) is 0 Å². The molecule has 0 aromatic rings. The van der Waals surface area contributed by atoms with E-state index in [1.807, 2.05) is 0 Å². The molecular weight excluding hydrogens is 308 g/mol. The number of rotatable bonds is 8. The van der Waals surface area contributed by atoms with Crippen LogP contribution in [0, 0.1) is 0 Å². The quantitative estimate of drug-likeness (QED) is 0.216. The van der Waals surface area contributed by atoms with Gasteiger partial charge in [-0.25, -0.2) is 9.59 Å². The van der Waals surface area contributed by atoms with Gasteiger partial charge in [0.05, 0.1) is 0 Å². The minimum atomic E-state index is -1.71. The highest BCUT2D eigenvalue weighted by Gasteiger charge is 2.22. The van der Waals surface area contributed by atoms with Crippen molar-refractivity contribution >= 4 is 23.9 Å². The largest absolute Gasteiger partial charge is 0.480 e. The Labute approximate surface area is 123 Å². The highest BCUT2D eigenvalue weighted by Crippen LogP contribution is 1.96. The predicted octanol–water partition coefficient (Wildman–Crippen LogP) is -3.53. The molecule has 0 fully saturated rings. The van der Waals surface area contributed by atoms with Gasteiger partial charge in [0, 0.05) is 12.8 Å². The molecule has 0 spiro atoms. The van der Waals surface area contributed by atoms with Crippen LogP contribution in [0.1, 0.15) is 12.8 Å². The molecule has 0 saturated carbocycles. The van der Waals surface area contributed by atoms with E-state index in [2.05, 4.69) is 0 Å². The molecule has 0 aromatic heterocycles. The summed E-state index contributed by atoms with van der Waals surface area (Å²) in [7, 11) is 0. The number of carboxylic acids is 4. The second-order valence-corrected chi connectivity index (χ2v) is 4.07. The summed E-state index contributed by atoms with van der Waals surface area (Å²) in [5.74, 6) is -5.60. The molecule has 0 bridgehead atoms. The zero-order valence-electron chi connectivity index (χ0n) is 11.2. The molecule has 0 aromatic carbocycles. The second kappa shape index (κ2) is 10.4. The molecule has 0 aliphatic heterocycles. The average molecular weight is 326 g/mol. The fourth-order valence-electron chi connectivity index (χ4n) is 0.884. The summed E-state index contributed by atoms with van der Waals surface area (Å²) < 4.78 is 0. The van der Waals surface area contributed by atoms with Gasteiger partial charge >= 0.3 is 23.9 Å². The Bertz CT molecular complexity index is 339. The summed E-state index contributed by atoms with van der Waals surface area (Å²) >= 11 is 0. The summed E-state index contributed by atoms with van der Waals surface area (Å²) in [6, 6.07) is -2.66. The van der Waals surface area contributed by atoms with Crippen molar-refractivity contribution in [3.8, 4) is 0 Å². The van der Waals surface area contributed by atoms with Crippen molar-refractivity contribution in [1.82, 2.24) is 0 Å². The molecule has 0 radical (unpaired) electrons. The maximum atomic E-state index is 10.0. The van der Waals surface area contributed by atoms with Crippen LogP contribution in [0.4, 0.5) is 0 Å². The van der Waals surface area contributed by atoms with Gasteiger partial charge in [-0.3, -0.25) is 9.59 Å². The molecule has 0 heterocycles. The van der Waals surface area contributed by atoms with E-state index in [0.717, 1.165) is 0 Å². The first-order valence-corrected chi connectivity index (χ1v) is 5.68. The summed E-state index contributed by atoms with van der Waals surface area (Å²) in [6.07, 6.45) is -4.38. The predicted molar refractivity (Wildman–Crippen MR) is 67.7 cm³/mol. The Morgan fingerprint density at radius 3 is 1.00 bits per heavy atom. The maximum Gasteiger partial charge on any atom is 0.332 e. The smallest absolute Gasteiger partial charge is 0.332 e. The van der Waals surface area contributed by atoms with Crippen molar-refractivity contribution in [3.63, 3.8) is 0 Å². The van der Waals surface area contributed by atoms with Crippen LogP contribution in [0.5, 0.6) is 0 Å². The van der Waals surface area contributed by atoms with Gasteiger partial charge in [-0.15, -0.1) is 0 Å². The summed E-state index contributed by atoms with van der Waals surface area (Å²) in [5, 5.41) is 49.8. The lowest BCUT2D eigenvalue weighted by Gasteiger charge is -2.07. The number of carboxylic acid groups (broad SMARTS) is 4. The fraction of sp³-hybridized carbons (Fsp3) is 0.600. The summed E-state index contributed by atoms with van der Waals surface area (Å²) in [5.41, 5.74) is 9.86. The van der Waals surface area contributed by atoms with E-state index in [0.29, 0.717) is 0 Å². The first-order chi connectivity index (χ1) is 9.89. The SMILES string of the molecule is N[C@@H](CC(O)C(=O)O)C(=O)O.N[C@@H](CC(O)C(=O)O)C(=O)O. The molecule has 12 nitrogen and oxygen atoms in total. The lowest BCUT2D eigenvalue weighted by Crippen LogP contribution is -2.36. The van der Waals surface area contributed by atoms with Crippen molar-refractivity contribution in [2.24, 2.45) is 11.5 Å². The van der Waals surface area contributed by atoms with Crippen LogP contribution >= 0.6 is 0 Å². The first-order valence-electron chi connectivity index (χ1n) is 5.68. The lowest BCUT2D eigenvalue weighted by molar-refractivity contribution is -0.149. The number of aliphatic hydroxyl groups is 2. The van der Waals surface area contributed by atoms with E-state index in [1.54, 1.807) is 0 Å². The molecule has 0 aliphatic rings. The highest BCUT2D eigenvalue weighted by atomic mass is 16.4. The molecule has 0 amide bonds. The number of hydrogen-bond acceptors (Lipinski definition) is 8. The molecule has 4 atom stereocenters. The molecule has 0 aliphatic carbocycles. The standard InChI is InChI=1S/2C5H9NO5/c2*6-2(4(8)9)1-3(7)5(10)11/h2*2-3,7H,1,6H2,(H,8,9)(H,10,11)/t2*2-,3?/m00/s1. The van der Waals surface area contributed by atoms with Crippen molar-refractivity contribution in [2.45, 2.75) is 37.1 Å². The Hall–Kier alpha value is -2.28. The molecule has 22 heavy (non-hydrogen) atoms. The molecule has 0 rings (SSSR count). The molecular formula is C10H18N2O10. The van der Waals surface area contributed by atoms with Gasteiger partial charge in [0.2, 0.25) is 0 Å². The monoisotopic (exact) mass is 326 g/mol. The lowest BCUT2D eigenvalue weighted by atomic mass is 10.1. The summed E-state index contributed by atoms with van der Waals surface area (Å²) in [4.78, 5) is 40.0. The summed E-state index contributed by atoms with van der Waals surface area (Å²) in [6.45, 7) is 0. The van der Waals surface area contributed by atoms with Crippen molar-refractivity contribution in [3.05, 3.63) is 0 Å². The number of carbonyl (C=O) groups is 4. The Morgan fingerprint density at radius 1 is 0.636 bits per heavy atom. The average Bonchev–Trinajstić information content (AvgIpc) is 2.38. The molecule has 12 heteroatoms. The van der Waals surface area contributed by atoms with E-state index in [-0.39, 0.29) is 0 Å². The number of aliphatic carboxylic acids is 4. The van der Waals surface area contributed by atoms with E-state index < -0.39 is 61.0 Å². The Kier molecular flexibility index (Phi) is 10.5. The zero-order chi connectivity index (χ0) is 18.0. The normalized spacial score (nSPS) is 15.5. The Balaban J connectivity index is 0. The number of nitrogens with two attached hydrogens (primary N) is 2. The van der Waals surface area contributed by atoms with Gasteiger partial charge in [-0.1, -0.05) is 0 Å². The Morgan fingerprint density at radius 2 is 0.864 bits per heavy atom. The van der Waals surface area contributed by atoms with Gasteiger partial charge < -0.3 is 42.1 Å². The van der Waals surface area contributed by atoms with Gasteiger partial charge in [0.15, 0.2) is 12.2 Å². The van der Waals surface area contributed by atoms with E-state index in [9.17, 15) is 19.2 Å². The van der Waals surface area contributed by atoms with E-state index in [4.69, 9.17) is 42.1 Å². The van der Waals surface area contributed by atoms with Crippen LogP contribution in [0.25, 0.3) is 0 Å². The van der Waals surface area contributed by atoms with Crippen LogP contribution in [-0.4, -0.2) is 78.8 Å². The number of aliphatic hydroxyl groups excluding tert-OH is 2. The number of hydrogen-bond donors (Lipinski definition) is 8. The van der Waals surface area contributed by atoms with Gasteiger partial charge in [0.1, 0.15) is 12.1 Å². The van der Waals surface area contributed by atoms with Crippen molar-refractivity contribution < 1.29 is 49.8 Å². The van der Waals surface area contributed by atoms with Crippen LogP contribution in [-0.2, 0) is 19.2 Å². The minimum Gasteiger partial charge on any atom is -0.480 e. The van der Waals surface area contributed by atoms with Crippen molar-refractivity contribution in [2.75, 3.05) is 0 Å². The van der Waals surface area contributed by atoms with Crippen LogP contribution in [0.2, 0.25) is 0 Å². The van der Waals surface area contributed by atoms with Crippen molar-refractivity contribution in [1.29, 1.82) is 0 Å². The van der Waals surface area contributed by atoms with Crippen LogP contribution in [0.3, 0.4) is 0 Å². The molecule has 128 valence electrons. The highest BCUT2D eigenvalue weighted by molar-refractivity contribution is 5.77. The maximum absolute atomic E-state index is 10.0. The van der Waals surface area contributed by atoms with Gasteiger partial charge in [-0.2, -0.15) is 0 Å². The fourth-order valence-corrected chi connectivity index (χ4v) is 0.884. The molecule has 0 saturated heterocycles. The third-order valence-electron chi connectivity index (χ3n) is 2.16. The zero-order valence-corrected chi connectivity index (χ0v) is 11.2. The van der Waals surface area contributed by atoms with Crippen LogP contribution in [0.15, 0.2) is 0 Å². The molecule has 2 unspecified atom stereocenters. The van der Waals surface area contributed by atoms with Crippen LogP contribution < -0.4 is 11.5 Å². The second-order valence-electron chi connectivity index (χ2n) is 4.07. The molecule has 10 N–H and O–H groups in total. The third-order valence-corrected chi connectivity index (χ3v) is 2.16. The van der Waals surface area contributed by atoms with E-state index >= 15 is 0 Å².